The average Bonchev–Trinajstić information content (AvgIpc) is 0.831. The fourth-order valence-corrected chi connectivity index (χ4v) is 16.7. The van der Waals surface area contributed by atoms with E-state index in [0.717, 1.165) is 37.1 Å². The lowest BCUT2D eigenvalue weighted by Gasteiger charge is -2.32. The number of aromatic nitrogens is 2. The summed E-state index contributed by atoms with van der Waals surface area (Å²) in [5.41, 5.74) is 27.5. The van der Waals surface area contributed by atoms with E-state index in [4.69, 9.17) is 0 Å². The van der Waals surface area contributed by atoms with Crippen molar-refractivity contribution in [2.24, 2.45) is 0 Å². The second-order valence-electron chi connectivity index (χ2n) is 27.2. The van der Waals surface area contributed by atoms with Crippen molar-refractivity contribution in [3.8, 4) is 33.6 Å². The van der Waals surface area contributed by atoms with Gasteiger partial charge in [-0.2, -0.15) is 0 Å². The number of fused-ring (bicyclic) bond motifs is 8. The number of hydrogen-bond donors (Lipinski definition) is 0. The highest BCUT2D eigenvalue weighted by Gasteiger charge is 2.29. The Hall–Kier alpha value is -10.7. The molecule has 2 aliphatic rings. The monoisotopic (exact) mass is 1210 g/mol. The van der Waals surface area contributed by atoms with E-state index in [1.165, 1.54) is 191 Å². The maximum Gasteiger partial charge on any atom is 0.0562 e. The molecule has 0 aliphatic heterocycles. The summed E-state index contributed by atoms with van der Waals surface area (Å²) in [5.74, 6) is 0.462. The molecule has 2 heterocycles. The van der Waals surface area contributed by atoms with Crippen molar-refractivity contribution in [2.45, 2.75) is 90.9 Å². The van der Waals surface area contributed by atoms with Crippen LogP contribution in [0.5, 0.6) is 0 Å². The molecular weight excluding hydrogens is 1140 g/mol. The van der Waals surface area contributed by atoms with Crippen LogP contribution in [0.4, 0.5) is 34.1 Å². The Labute approximate surface area is 550 Å². The number of aryl methyl sites for hydroxylation is 4. The highest BCUT2D eigenvalue weighted by molar-refractivity contribution is 6.30. The van der Waals surface area contributed by atoms with Crippen molar-refractivity contribution >= 4 is 110 Å². The molecular formula is C90H74N4. The van der Waals surface area contributed by atoms with Crippen LogP contribution in [0.1, 0.15) is 98.6 Å². The zero-order valence-electron chi connectivity index (χ0n) is 54.0. The average molecular weight is 1210 g/mol. The summed E-state index contributed by atoms with van der Waals surface area (Å²) >= 11 is 0. The maximum absolute atomic E-state index is 2.63. The van der Waals surface area contributed by atoms with E-state index in [2.05, 4.69) is 314 Å². The van der Waals surface area contributed by atoms with Gasteiger partial charge >= 0.3 is 0 Å². The van der Waals surface area contributed by atoms with Gasteiger partial charge in [0.2, 0.25) is 0 Å². The van der Waals surface area contributed by atoms with Gasteiger partial charge in [0.05, 0.1) is 44.8 Å². The van der Waals surface area contributed by atoms with E-state index in [9.17, 15) is 0 Å². The topological polar surface area (TPSA) is 16.3 Å². The van der Waals surface area contributed by atoms with Gasteiger partial charge in [-0.25, -0.2) is 0 Å². The Kier molecular flexibility index (Phi) is 13.5. The number of hydrogen-bond acceptors (Lipinski definition) is 2. The van der Waals surface area contributed by atoms with E-state index in [1.54, 1.807) is 0 Å². The summed E-state index contributed by atoms with van der Waals surface area (Å²) in [4.78, 5) is 5.26. The van der Waals surface area contributed by atoms with Crippen LogP contribution in [-0.2, 0) is 25.7 Å². The quantitative estimate of drug-likeness (QED) is 0.113. The van der Waals surface area contributed by atoms with Gasteiger partial charge in [0, 0.05) is 66.2 Å². The third-order valence-corrected chi connectivity index (χ3v) is 21.1. The molecule has 14 aromatic carbocycles. The van der Waals surface area contributed by atoms with Crippen molar-refractivity contribution in [3.63, 3.8) is 0 Å². The smallest absolute Gasteiger partial charge is 0.0562 e. The summed E-state index contributed by atoms with van der Waals surface area (Å²) in [6, 6.07) is 102. The zero-order chi connectivity index (χ0) is 62.7. The second kappa shape index (κ2) is 22.6. The SMILES string of the molecule is CC(C)c1cc(N(c2ccc3c(c2)CCCC3)c2ccc3c4ccccc4n(-c4ccccc4-c4ccccc4)c3c2)c2ccc3c(C(C)C)cc(N(c4ccc5c(c4)CCCC5)c4ccc5c6ccccc6n(-c6ccccc6-c6ccccc6)c5c4)c4ccc1c2c34. The molecule has 18 rings (SSSR count). The Morgan fingerprint density at radius 2 is 0.617 bits per heavy atom. The summed E-state index contributed by atoms with van der Waals surface area (Å²) < 4.78 is 5.05. The van der Waals surface area contributed by atoms with Gasteiger partial charge in [-0.1, -0.05) is 210 Å². The van der Waals surface area contributed by atoms with E-state index in [1.807, 2.05) is 0 Å². The van der Waals surface area contributed by atoms with Gasteiger partial charge in [-0.15, -0.1) is 0 Å². The molecule has 0 fully saturated rings. The summed E-state index contributed by atoms with van der Waals surface area (Å²) in [5, 5.41) is 12.8. The lowest BCUT2D eigenvalue weighted by atomic mass is 9.84. The molecule has 0 bridgehead atoms. The molecule has 0 saturated carbocycles. The van der Waals surface area contributed by atoms with Crippen LogP contribution in [0.15, 0.2) is 267 Å². The number of anilines is 6. The summed E-state index contributed by atoms with van der Waals surface area (Å²) in [7, 11) is 0. The molecule has 2 aliphatic carbocycles. The minimum Gasteiger partial charge on any atom is -0.310 e. The normalized spacial score (nSPS) is 13.4. The lowest BCUT2D eigenvalue weighted by Crippen LogP contribution is -2.14. The highest BCUT2D eigenvalue weighted by atomic mass is 15.2. The van der Waals surface area contributed by atoms with E-state index >= 15 is 0 Å². The van der Waals surface area contributed by atoms with Crippen LogP contribution in [0.3, 0.4) is 0 Å². The van der Waals surface area contributed by atoms with Crippen LogP contribution < -0.4 is 9.80 Å². The molecule has 2 aromatic heterocycles. The Balaban J connectivity index is 0.909. The minimum absolute atomic E-state index is 0.231. The maximum atomic E-state index is 2.63. The van der Waals surface area contributed by atoms with Gasteiger partial charge < -0.3 is 18.9 Å². The van der Waals surface area contributed by atoms with Crippen molar-refractivity contribution < 1.29 is 0 Å². The van der Waals surface area contributed by atoms with E-state index in [0.29, 0.717) is 0 Å². The first-order chi connectivity index (χ1) is 46.3. The third-order valence-electron chi connectivity index (χ3n) is 21.1. The van der Waals surface area contributed by atoms with Gasteiger partial charge in [-0.05, 0) is 214 Å². The fourth-order valence-electron chi connectivity index (χ4n) is 16.7. The number of nitrogens with zero attached hydrogens (tertiary/aromatic N) is 4. The Morgan fingerprint density at radius 3 is 1.05 bits per heavy atom. The van der Waals surface area contributed by atoms with Crippen LogP contribution in [0, 0.1) is 0 Å². The van der Waals surface area contributed by atoms with Crippen molar-refractivity contribution in [2.75, 3.05) is 9.80 Å². The van der Waals surface area contributed by atoms with Gasteiger partial charge in [0.1, 0.15) is 0 Å². The highest BCUT2D eigenvalue weighted by Crippen LogP contribution is 2.53. The molecule has 454 valence electrons. The molecule has 94 heavy (non-hydrogen) atoms. The molecule has 0 saturated heterocycles. The van der Waals surface area contributed by atoms with Crippen LogP contribution in [0.2, 0.25) is 0 Å². The standard InChI is InChI=1S/C90H74N4/c1-57(2)79-55-87(91(65-41-39-59-23-11-13-29-63(59)51-65)67-43-45-73-71-33-17-21-37-83(71)93(85(73)53-67)81-35-19-15-31-69(81)61-25-7-5-8-26-61)77-50-48-76-80(58(3)4)56-88(78-49-47-75(79)89(77)90(76)78)92(66-42-40-60-24-12-14-30-64(60)52-66)68-44-46-74-72-34-18-22-38-84(72)94(86(74)54-68)82-36-20-16-32-70(82)62-27-9-6-10-28-62/h5-10,15-22,25-28,31-58H,11-14,23-24,29-30H2,1-4H3. The molecule has 0 unspecified atom stereocenters. The Bertz CT molecular complexity index is 5300. The largest absolute Gasteiger partial charge is 0.310 e. The molecule has 0 amide bonds. The third kappa shape index (κ3) is 9.01. The predicted molar refractivity (Wildman–Crippen MR) is 401 cm³/mol. The zero-order valence-corrected chi connectivity index (χ0v) is 54.0. The molecule has 4 nitrogen and oxygen atoms in total. The molecule has 4 heteroatoms. The molecule has 0 atom stereocenters. The minimum atomic E-state index is 0.231. The summed E-state index contributed by atoms with van der Waals surface area (Å²) in [6.07, 6.45) is 9.33. The Morgan fingerprint density at radius 1 is 0.277 bits per heavy atom. The fraction of sp³-hybridized carbons (Fsp3) is 0.156. The number of para-hydroxylation sites is 4. The van der Waals surface area contributed by atoms with Crippen LogP contribution in [-0.4, -0.2) is 9.13 Å². The molecule has 0 N–H and O–H groups in total. The van der Waals surface area contributed by atoms with Crippen molar-refractivity contribution in [1.82, 2.24) is 9.13 Å². The summed E-state index contributed by atoms with van der Waals surface area (Å²) in [6.45, 7) is 9.57. The molecule has 16 aromatic rings. The van der Waals surface area contributed by atoms with E-state index in [-0.39, 0.29) is 11.8 Å². The van der Waals surface area contributed by atoms with Gasteiger partial charge in [0.15, 0.2) is 0 Å². The van der Waals surface area contributed by atoms with Gasteiger partial charge in [-0.3, -0.25) is 0 Å². The van der Waals surface area contributed by atoms with E-state index < -0.39 is 0 Å². The lowest BCUT2D eigenvalue weighted by molar-refractivity contribution is 0.685. The van der Waals surface area contributed by atoms with Crippen LogP contribution in [0.25, 0.3) is 110 Å². The number of rotatable bonds is 12. The van der Waals surface area contributed by atoms with Crippen LogP contribution >= 0.6 is 0 Å². The second-order valence-corrected chi connectivity index (χ2v) is 27.2. The predicted octanol–water partition coefficient (Wildman–Crippen LogP) is 25.1. The first-order valence-electron chi connectivity index (χ1n) is 34.3. The van der Waals surface area contributed by atoms with Crippen molar-refractivity contribution in [1.29, 1.82) is 0 Å². The van der Waals surface area contributed by atoms with Crippen molar-refractivity contribution in [3.05, 3.63) is 300 Å². The number of benzene rings is 14. The van der Waals surface area contributed by atoms with Gasteiger partial charge in [0.25, 0.3) is 0 Å². The molecule has 0 radical (unpaired) electrons. The first-order valence-corrected chi connectivity index (χ1v) is 34.3. The molecule has 0 spiro atoms. The first kappa shape index (κ1) is 56.1.